The summed E-state index contributed by atoms with van der Waals surface area (Å²) >= 11 is 11.9. The second-order valence-corrected chi connectivity index (χ2v) is 7.11. The van der Waals surface area contributed by atoms with Crippen molar-refractivity contribution in [3.8, 4) is 17.0 Å². The normalized spacial score (nSPS) is 11.7. The van der Waals surface area contributed by atoms with Gasteiger partial charge in [-0.3, -0.25) is 9.59 Å². The fraction of sp³-hybridized carbons (Fsp3) is 0.190. The molecule has 0 aliphatic heterocycles. The fourth-order valence-corrected chi connectivity index (χ4v) is 2.90. The number of para-hydroxylation sites is 1. The molecule has 150 valence electrons. The highest BCUT2D eigenvalue weighted by molar-refractivity contribution is 6.32. The number of halogens is 2. The minimum Gasteiger partial charge on any atom is -0.479 e. The van der Waals surface area contributed by atoms with Crippen LogP contribution in [0.25, 0.3) is 11.3 Å². The maximum absolute atomic E-state index is 12.3. The van der Waals surface area contributed by atoms with Crippen LogP contribution in [0, 0.1) is 0 Å². The van der Waals surface area contributed by atoms with Crippen molar-refractivity contribution in [1.82, 2.24) is 15.1 Å². The van der Waals surface area contributed by atoms with E-state index in [0.717, 1.165) is 5.56 Å². The molecule has 0 aliphatic carbocycles. The van der Waals surface area contributed by atoms with Gasteiger partial charge in [0.2, 0.25) is 0 Å². The molecule has 2 aromatic carbocycles. The molecule has 8 heteroatoms. The zero-order chi connectivity index (χ0) is 20.8. The maximum Gasteiger partial charge on any atom is 0.266 e. The predicted molar refractivity (Wildman–Crippen MR) is 113 cm³/mol. The summed E-state index contributed by atoms with van der Waals surface area (Å²) in [5.41, 5.74) is 1.23. The minimum atomic E-state index is -0.736. The molecule has 1 amide bonds. The Bertz CT molecular complexity index is 1050. The Morgan fingerprint density at radius 1 is 1.10 bits per heavy atom. The van der Waals surface area contributed by atoms with Gasteiger partial charge in [0.25, 0.3) is 11.5 Å². The summed E-state index contributed by atoms with van der Waals surface area (Å²) < 4.78 is 6.89. The zero-order valence-electron chi connectivity index (χ0n) is 15.6. The van der Waals surface area contributed by atoms with Crippen molar-refractivity contribution in [2.24, 2.45) is 0 Å². The Labute approximate surface area is 178 Å². The molecule has 1 unspecified atom stereocenters. The zero-order valence-corrected chi connectivity index (χ0v) is 17.2. The number of benzene rings is 2. The van der Waals surface area contributed by atoms with Crippen LogP contribution in [0.4, 0.5) is 0 Å². The molecule has 1 atom stereocenters. The van der Waals surface area contributed by atoms with E-state index in [2.05, 4.69) is 10.4 Å². The number of rotatable bonds is 7. The number of hydrogen-bond acceptors (Lipinski definition) is 4. The summed E-state index contributed by atoms with van der Waals surface area (Å²) in [5.74, 6) is 0.122. The largest absolute Gasteiger partial charge is 0.479 e. The van der Waals surface area contributed by atoms with E-state index in [9.17, 15) is 9.59 Å². The lowest BCUT2D eigenvalue weighted by Crippen LogP contribution is -2.39. The summed E-state index contributed by atoms with van der Waals surface area (Å²) in [7, 11) is 0. The topological polar surface area (TPSA) is 73.2 Å². The van der Waals surface area contributed by atoms with Gasteiger partial charge in [-0.15, -0.1) is 0 Å². The quantitative estimate of drug-likeness (QED) is 0.617. The number of carbonyl (C=O) groups excluding carboxylic acids is 1. The Morgan fingerprint density at radius 3 is 2.55 bits per heavy atom. The van der Waals surface area contributed by atoms with E-state index in [1.54, 1.807) is 49.4 Å². The third kappa shape index (κ3) is 5.59. The van der Waals surface area contributed by atoms with E-state index in [-0.39, 0.29) is 24.6 Å². The first-order valence-corrected chi connectivity index (χ1v) is 9.72. The monoisotopic (exact) mass is 431 g/mol. The molecule has 3 aromatic rings. The molecule has 0 fully saturated rings. The van der Waals surface area contributed by atoms with Crippen molar-refractivity contribution in [2.75, 3.05) is 6.54 Å². The minimum absolute atomic E-state index is 0.227. The van der Waals surface area contributed by atoms with Gasteiger partial charge >= 0.3 is 0 Å². The molecular formula is C21H19Cl2N3O3. The maximum atomic E-state index is 12.3. The van der Waals surface area contributed by atoms with Crippen molar-refractivity contribution in [1.29, 1.82) is 0 Å². The number of amides is 1. The standard InChI is InChI=1S/C21H19Cl2N3O3/c1-14(29-19-5-3-2-4-17(19)23)21(28)24-12-13-26-20(27)11-10-18(25-26)15-6-8-16(22)9-7-15/h2-11,14H,12-13H2,1H3,(H,24,28). The molecule has 29 heavy (non-hydrogen) atoms. The van der Waals surface area contributed by atoms with E-state index < -0.39 is 6.10 Å². The second-order valence-electron chi connectivity index (χ2n) is 6.27. The Kier molecular flexibility index (Phi) is 6.90. The van der Waals surface area contributed by atoms with Crippen molar-refractivity contribution < 1.29 is 9.53 Å². The van der Waals surface area contributed by atoms with Gasteiger partial charge in [0, 0.05) is 23.2 Å². The third-order valence-electron chi connectivity index (χ3n) is 4.14. The van der Waals surface area contributed by atoms with Crippen LogP contribution in [0.1, 0.15) is 6.92 Å². The van der Waals surface area contributed by atoms with Crippen molar-refractivity contribution in [2.45, 2.75) is 19.6 Å². The molecule has 3 rings (SSSR count). The number of ether oxygens (including phenoxy) is 1. The van der Waals surface area contributed by atoms with Gasteiger partial charge in [-0.05, 0) is 37.3 Å². The van der Waals surface area contributed by atoms with Gasteiger partial charge in [-0.2, -0.15) is 5.10 Å². The van der Waals surface area contributed by atoms with Gasteiger partial charge in [-0.1, -0.05) is 47.5 Å². The van der Waals surface area contributed by atoms with Crippen molar-refractivity contribution >= 4 is 29.1 Å². The van der Waals surface area contributed by atoms with Crippen molar-refractivity contribution in [3.63, 3.8) is 0 Å². The number of carbonyl (C=O) groups is 1. The smallest absolute Gasteiger partial charge is 0.266 e. The summed E-state index contributed by atoms with van der Waals surface area (Å²) in [6.07, 6.45) is -0.736. The van der Waals surface area contributed by atoms with Crippen LogP contribution < -0.4 is 15.6 Å². The number of hydrogen-bond donors (Lipinski definition) is 1. The second kappa shape index (κ2) is 9.58. The SMILES string of the molecule is CC(Oc1ccccc1Cl)C(=O)NCCn1nc(-c2ccc(Cl)cc2)ccc1=O. The van der Waals surface area contributed by atoms with Gasteiger partial charge in [0.15, 0.2) is 6.10 Å². The highest BCUT2D eigenvalue weighted by Gasteiger charge is 2.15. The number of nitrogens with one attached hydrogen (secondary N) is 1. The Hall–Kier alpha value is -2.83. The summed E-state index contributed by atoms with van der Waals surface area (Å²) in [5, 5.41) is 8.15. The van der Waals surface area contributed by atoms with E-state index in [1.165, 1.54) is 10.7 Å². The molecule has 0 saturated heterocycles. The highest BCUT2D eigenvalue weighted by Crippen LogP contribution is 2.24. The lowest BCUT2D eigenvalue weighted by molar-refractivity contribution is -0.127. The van der Waals surface area contributed by atoms with Crippen LogP contribution in [-0.2, 0) is 11.3 Å². The molecule has 0 aliphatic rings. The van der Waals surface area contributed by atoms with Crippen LogP contribution in [0.3, 0.4) is 0 Å². The summed E-state index contributed by atoms with van der Waals surface area (Å²) in [6.45, 7) is 2.08. The van der Waals surface area contributed by atoms with E-state index >= 15 is 0 Å². The first-order valence-electron chi connectivity index (χ1n) is 8.97. The molecule has 1 heterocycles. The molecule has 6 nitrogen and oxygen atoms in total. The van der Waals surface area contributed by atoms with E-state index in [4.69, 9.17) is 27.9 Å². The summed E-state index contributed by atoms with van der Waals surface area (Å²) in [6, 6.07) is 17.2. The molecule has 1 aromatic heterocycles. The molecule has 1 N–H and O–H groups in total. The first-order chi connectivity index (χ1) is 13.9. The van der Waals surface area contributed by atoms with Crippen LogP contribution in [0.5, 0.6) is 5.75 Å². The lowest BCUT2D eigenvalue weighted by Gasteiger charge is -2.15. The molecule has 0 bridgehead atoms. The third-order valence-corrected chi connectivity index (χ3v) is 4.70. The molecule has 0 radical (unpaired) electrons. The fourth-order valence-electron chi connectivity index (χ4n) is 2.60. The Morgan fingerprint density at radius 2 is 1.83 bits per heavy atom. The van der Waals surface area contributed by atoms with E-state index in [0.29, 0.717) is 21.5 Å². The first kappa shape index (κ1) is 20.9. The van der Waals surface area contributed by atoms with Crippen LogP contribution in [-0.4, -0.2) is 28.3 Å². The van der Waals surface area contributed by atoms with Gasteiger partial charge in [-0.25, -0.2) is 4.68 Å². The van der Waals surface area contributed by atoms with Crippen molar-refractivity contribution in [3.05, 3.63) is 81.1 Å². The summed E-state index contributed by atoms with van der Waals surface area (Å²) in [4.78, 5) is 24.3. The van der Waals surface area contributed by atoms with Crippen LogP contribution in [0.2, 0.25) is 10.0 Å². The van der Waals surface area contributed by atoms with E-state index in [1.807, 2.05) is 12.1 Å². The number of nitrogens with zero attached hydrogens (tertiary/aromatic N) is 2. The molecule has 0 saturated carbocycles. The average Bonchev–Trinajstić information content (AvgIpc) is 2.71. The molecule has 0 spiro atoms. The average molecular weight is 432 g/mol. The van der Waals surface area contributed by atoms with Gasteiger partial charge in [0.1, 0.15) is 5.75 Å². The van der Waals surface area contributed by atoms with Crippen LogP contribution >= 0.6 is 23.2 Å². The van der Waals surface area contributed by atoms with Crippen LogP contribution in [0.15, 0.2) is 65.5 Å². The van der Waals surface area contributed by atoms with Gasteiger partial charge in [0.05, 0.1) is 17.3 Å². The predicted octanol–water partition coefficient (Wildman–Crippen LogP) is 3.80. The number of aromatic nitrogens is 2. The van der Waals surface area contributed by atoms with Gasteiger partial charge < -0.3 is 10.1 Å². The molecular weight excluding hydrogens is 413 g/mol. The Balaban J connectivity index is 1.59. The highest BCUT2D eigenvalue weighted by atomic mass is 35.5. The lowest BCUT2D eigenvalue weighted by atomic mass is 10.1.